The van der Waals surface area contributed by atoms with Gasteiger partial charge in [0.15, 0.2) is 0 Å². The first-order valence-electron chi connectivity index (χ1n) is 6.14. The molecule has 19 heavy (non-hydrogen) atoms. The number of aliphatic hydroxyl groups excluding tert-OH is 1. The smallest absolute Gasteiger partial charge is 0.142 e. The van der Waals surface area contributed by atoms with Crippen molar-refractivity contribution >= 4 is 11.5 Å². The van der Waals surface area contributed by atoms with Gasteiger partial charge in [-0.05, 0) is 36.8 Å². The van der Waals surface area contributed by atoms with Crippen LogP contribution in [0.2, 0.25) is 0 Å². The van der Waals surface area contributed by atoms with Gasteiger partial charge >= 0.3 is 0 Å². The quantitative estimate of drug-likeness (QED) is 0.916. The van der Waals surface area contributed by atoms with Crippen LogP contribution in [0, 0.1) is 0 Å². The van der Waals surface area contributed by atoms with Crippen molar-refractivity contribution in [2.75, 3.05) is 19.1 Å². The summed E-state index contributed by atoms with van der Waals surface area (Å²) in [5.74, 6) is 1.55. The van der Waals surface area contributed by atoms with E-state index in [0.29, 0.717) is 0 Å². The number of hydrogen-bond donors (Lipinski definition) is 1. The number of ether oxygens (including phenoxy) is 1. The van der Waals surface area contributed by atoms with Gasteiger partial charge in [-0.15, -0.1) is 0 Å². The highest BCUT2D eigenvalue weighted by Crippen LogP contribution is 2.31. The van der Waals surface area contributed by atoms with Crippen LogP contribution in [0.5, 0.6) is 5.75 Å². The van der Waals surface area contributed by atoms with Crippen LogP contribution in [0.25, 0.3) is 0 Å². The second-order valence-electron chi connectivity index (χ2n) is 4.35. The van der Waals surface area contributed by atoms with Gasteiger partial charge in [-0.1, -0.05) is 12.1 Å². The number of pyridine rings is 1. The van der Waals surface area contributed by atoms with Gasteiger partial charge in [0.05, 0.1) is 18.9 Å². The first kappa shape index (κ1) is 13.4. The molecule has 0 aliphatic rings. The molecule has 0 aliphatic carbocycles. The van der Waals surface area contributed by atoms with E-state index in [0.717, 1.165) is 22.8 Å². The SMILES string of the molecule is COc1ccccc1N(C)c1cc([C@@H](C)O)ccn1. The van der Waals surface area contributed by atoms with Crippen LogP contribution in [-0.2, 0) is 0 Å². The third kappa shape index (κ3) is 2.85. The fourth-order valence-electron chi connectivity index (χ4n) is 1.91. The Kier molecular flexibility index (Phi) is 4.02. The fourth-order valence-corrected chi connectivity index (χ4v) is 1.91. The van der Waals surface area contributed by atoms with Crippen molar-refractivity contribution in [1.29, 1.82) is 0 Å². The molecule has 2 aromatic rings. The minimum absolute atomic E-state index is 0.507. The minimum Gasteiger partial charge on any atom is -0.495 e. The average molecular weight is 258 g/mol. The third-order valence-electron chi connectivity index (χ3n) is 3.04. The highest BCUT2D eigenvalue weighted by molar-refractivity contribution is 5.66. The predicted molar refractivity (Wildman–Crippen MR) is 75.9 cm³/mol. The molecule has 0 fully saturated rings. The summed E-state index contributed by atoms with van der Waals surface area (Å²) in [4.78, 5) is 6.27. The van der Waals surface area contributed by atoms with E-state index in [1.807, 2.05) is 48.3 Å². The van der Waals surface area contributed by atoms with Crippen LogP contribution < -0.4 is 9.64 Å². The summed E-state index contributed by atoms with van der Waals surface area (Å²) >= 11 is 0. The lowest BCUT2D eigenvalue weighted by Crippen LogP contribution is -2.12. The van der Waals surface area contributed by atoms with Gasteiger partial charge in [-0.3, -0.25) is 0 Å². The number of hydrogen-bond acceptors (Lipinski definition) is 4. The predicted octanol–water partition coefficient (Wildman–Crippen LogP) is 2.91. The van der Waals surface area contributed by atoms with Crippen molar-refractivity contribution in [2.24, 2.45) is 0 Å². The van der Waals surface area contributed by atoms with Gasteiger partial charge < -0.3 is 14.7 Å². The summed E-state index contributed by atoms with van der Waals surface area (Å²) in [7, 11) is 3.57. The molecule has 1 N–H and O–H groups in total. The zero-order valence-electron chi connectivity index (χ0n) is 11.4. The molecule has 1 atom stereocenters. The fraction of sp³-hybridized carbons (Fsp3) is 0.267. The Hall–Kier alpha value is -2.07. The van der Waals surface area contributed by atoms with Gasteiger partial charge in [0.1, 0.15) is 11.6 Å². The van der Waals surface area contributed by atoms with Crippen molar-refractivity contribution in [3.8, 4) is 5.75 Å². The van der Waals surface area contributed by atoms with E-state index in [1.165, 1.54) is 0 Å². The second kappa shape index (κ2) is 5.71. The number of rotatable bonds is 4. The van der Waals surface area contributed by atoms with Crippen molar-refractivity contribution in [3.05, 3.63) is 48.2 Å². The molecular weight excluding hydrogens is 240 g/mol. The Bertz CT molecular complexity index is 555. The molecule has 0 radical (unpaired) electrons. The van der Waals surface area contributed by atoms with E-state index in [-0.39, 0.29) is 0 Å². The van der Waals surface area contributed by atoms with Crippen LogP contribution in [0.3, 0.4) is 0 Å². The zero-order valence-corrected chi connectivity index (χ0v) is 11.4. The Labute approximate surface area is 113 Å². The van der Waals surface area contributed by atoms with Crippen molar-refractivity contribution < 1.29 is 9.84 Å². The molecule has 100 valence electrons. The zero-order chi connectivity index (χ0) is 13.8. The van der Waals surface area contributed by atoms with Crippen LogP contribution >= 0.6 is 0 Å². The second-order valence-corrected chi connectivity index (χ2v) is 4.35. The van der Waals surface area contributed by atoms with Gasteiger partial charge in [-0.2, -0.15) is 0 Å². The largest absolute Gasteiger partial charge is 0.495 e. The maximum atomic E-state index is 9.63. The van der Waals surface area contributed by atoms with Crippen LogP contribution in [0.4, 0.5) is 11.5 Å². The minimum atomic E-state index is -0.507. The summed E-state index contributed by atoms with van der Waals surface area (Å²) in [6.07, 6.45) is 1.19. The van der Waals surface area contributed by atoms with E-state index < -0.39 is 6.10 Å². The molecule has 4 heteroatoms. The van der Waals surface area contributed by atoms with Gasteiger partial charge in [0, 0.05) is 13.2 Å². The molecule has 0 amide bonds. The van der Waals surface area contributed by atoms with E-state index in [9.17, 15) is 5.11 Å². The monoisotopic (exact) mass is 258 g/mol. The first-order valence-corrected chi connectivity index (χ1v) is 6.14. The molecule has 2 rings (SSSR count). The molecule has 0 saturated heterocycles. The van der Waals surface area contributed by atoms with Crippen molar-refractivity contribution in [3.63, 3.8) is 0 Å². The summed E-state index contributed by atoms with van der Waals surface area (Å²) in [6, 6.07) is 11.4. The Morgan fingerprint density at radius 1 is 1.26 bits per heavy atom. The van der Waals surface area contributed by atoms with Crippen LogP contribution in [0.1, 0.15) is 18.6 Å². The summed E-state index contributed by atoms with van der Waals surface area (Å²) in [5.41, 5.74) is 1.77. The number of anilines is 2. The van der Waals surface area contributed by atoms with E-state index in [2.05, 4.69) is 4.98 Å². The molecule has 0 aliphatic heterocycles. The number of aromatic nitrogens is 1. The van der Waals surface area contributed by atoms with E-state index in [1.54, 1.807) is 20.2 Å². The highest BCUT2D eigenvalue weighted by Gasteiger charge is 2.11. The van der Waals surface area contributed by atoms with Crippen LogP contribution in [0.15, 0.2) is 42.6 Å². The van der Waals surface area contributed by atoms with Crippen LogP contribution in [-0.4, -0.2) is 24.2 Å². The lowest BCUT2D eigenvalue weighted by atomic mass is 10.1. The number of benzene rings is 1. The van der Waals surface area contributed by atoms with Gasteiger partial charge in [-0.25, -0.2) is 4.98 Å². The van der Waals surface area contributed by atoms with E-state index >= 15 is 0 Å². The lowest BCUT2D eigenvalue weighted by Gasteiger charge is -2.21. The molecule has 0 unspecified atom stereocenters. The molecule has 0 bridgehead atoms. The molecule has 0 spiro atoms. The van der Waals surface area contributed by atoms with Gasteiger partial charge in [0.25, 0.3) is 0 Å². The number of aliphatic hydroxyl groups is 1. The molecule has 1 aromatic carbocycles. The average Bonchev–Trinajstić information content (AvgIpc) is 2.46. The van der Waals surface area contributed by atoms with Gasteiger partial charge in [0.2, 0.25) is 0 Å². The van der Waals surface area contributed by atoms with E-state index in [4.69, 9.17) is 4.74 Å². The summed E-state index contributed by atoms with van der Waals surface area (Å²) < 4.78 is 5.35. The summed E-state index contributed by atoms with van der Waals surface area (Å²) in [5, 5.41) is 9.63. The maximum Gasteiger partial charge on any atom is 0.142 e. The number of methoxy groups -OCH3 is 1. The lowest BCUT2D eigenvalue weighted by molar-refractivity contribution is 0.199. The Morgan fingerprint density at radius 3 is 2.68 bits per heavy atom. The highest BCUT2D eigenvalue weighted by atomic mass is 16.5. The normalized spacial score (nSPS) is 12.0. The standard InChI is InChI=1S/C15H18N2O2/c1-11(18)12-8-9-16-15(10-12)17(2)13-6-4-5-7-14(13)19-3/h4-11,18H,1-3H3/t11-/m1/s1. The molecule has 1 heterocycles. The molecule has 1 aromatic heterocycles. The topological polar surface area (TPSA) is 45.6 Å². The molecule has 0 saturated carbocycles. The maximum absolute atomic E-state index is 9.63. The Morgan fingerprint density at radius 2 is 2.00 bits per heavy atom. The Balaban J connectivity index is 2.38. The third-order valence-corrected chi connectivity index (χ3v) is 3.04. The number of nitrogens with zero attached hydrogens (tertiary/aromatic N) is 2. The van der Waals surface area contributed by atoms with Crippen molar-refractivity contribution in [1.82, 2.24) is 4.98 Å². The first-order chi connectivity index (χ1) is 9.13. The summed E-state index contributed by atoms with van der Waals surface area (Å²) in [6.45, 7) is 1.74. The van der Waals surface area contributed by atoms with Crippen molar-refractivity contribution in [2.45, 2.75) is 13.0 Å². The molecular formula is C15H18N2O2. The number of para-hydroxylation sites is 2. The molecule has 4 nitrogen and oxygen atoms in total.